The van der Waals surface area contributed by atoms with Gasteiger partial charge in [0, 0.05) is 24.7 Å². The molecular weight excluding hydrogens is 398 g/mol. The highest BCUT2D eigenvalue weighted by molar-refractivity contribution is 7.99. The molecule has 0 unspecified atom stereocenters. The van der Waals surface area contributed by atoms with Gasteiger partial charge in [0.1, 0.15) is 12.4 Å². The largest absolute Gasteiger partial charge is 0.330 e. The maximum atomic E-state index is 13.0. The van der Waals surface area contributed by atoms with E-state index in [1.807, 2.05) is 57.5 Å². The van der Waals surface area contributed by atoms with Crippen LogP contribution in [0.3, 0.4) is 0 Å². The van der Waals surface area contributed by atoms with E-state index in [0.717, 1.165) is 47.1 Å². The predicted molar refractivity (Wildman–Crippen MR) is 120 cm³/mol. The van der Waals surface area contributed by atoms with E-state index in [0.29, 0.717) is 5.92 Å². The van der Waals surface area contributed by atoms with Crippen molar-refractivity contribution in [2.45, 2.75) is 64.1 Å². The minimum atomic E-state index is -0.183. The van der Waals surface area contributed by atoms with Crippen LogP contribution in [0, 0.1) is 13.8 Å². The maximum Gasteiger partial charge on any atom is 0.244 e. The van der Waals surface area contributed by atoms with Crippen LogP contribution in [0.1, 0.15) is 56.0 Å². The second-order valence-corrected chi connectivity index (χ2v) is 8.98. The Morgan fingerprint density at radius 2 is 2.03 bits per heavy atom. The van der Waals surface area contributed by atoms with Gasteiger partial charge in [0.15, 0.2) is 5.16 Å². The Bertz CT molecular complexity index is 922. The van der Waals surface area contributed by atoms with Crippen LogP contribution in [0.4, 0.5) is 5.69 Å². The number of aryl methyl sites for hydroxylation is 1. The lowest BCUT2D eigenvalue weighted by Gasteiger charge is -2.28. The van der Waals surface area contributed by atoms with Gasteiger partial charge in [0.25, 0.3) is 0 Å². The fourth-order valence-corrected chi connectivity index (χ4v) is 4.10. The molecule has 1 aromatic carbocycles. The number of anilines is 1. The third-order valence-electron chi connectivity index (χ3n) is 5.77. The molecule has 1 N–H and O–H groups in total. The predicted octanol–water partition coefficient (Wildman–Crippen LogP) is 3.67. The molecule has 1 aliphatic carbocycles. The number of rotatable bonds is 9. The van der Waals surface area contributed by atoms with E-state index in [2.05, 4.69) is 15.5 Å². The second-order valence-electron chi connectivity index (χ2n) is 8.04. The van der Waals surface area contributed by atoms with Crippen molar-refractivity contribution in [3.05, 3.63) is 35.2 Å². The first kappa shape index (κ1) is 22.3. The van der Waals surface area contributed by atoms with E-state index < -0.39 is 0 Å². The van der Waals surface area contributed by atoms with Crippen LogP contribution in [-0.2, 0) is 16.6 Å². The van der Waals surface area contributed by atoms with E-state index in [4.69, 9.17) is 0 Å². The monoisotopic (exact) mass is 429 g/mol. The molecule has 1 heterocycles. The quantitative estimate of drug-likeness (QED) is 0.615. The van der Waals surface area contributed by atoms with Crippen LogP contribution in [0.2, 0.25) is 0 Å². The molecule has 2 aromatic rings. The molecular formula is C22H31N5O2S. The number of carbonyl (C=O) groups excluding carboxylic acids is 2. The van der Waals surface area contributed by atoms with Gasteiger partial charge in [-0.05, 0) is 57.2 Å². The molecule has 1 saturated carbocycles. The Kier molecular flexibility index (Phi) is 7.18. The Morgan fingerprint density at radius 1 is 1.30 bits per heavy atom. The SMILES string of the molecule is CC[C@@H](C)N(CC(=O)Nc1cccc(C)c1C)C(=O)CSc1nnc(C2CC2)n1C. The first-order chi connectivity index (χ1) is 14.3. The number of nitrogens with zero attached hydrogens (tertiary/aromatic N) is 4. The summed E-state index contributed by atoms with van der Waals surface area (Å²) in [6.45, 7) is 8.02. The van der Waals surface area contributed by atoms with E-state index >= 15 is 0 Å². The van der Waals surface area contributed by atoms with Gasteiger partial charge < -0.3 is 14.8 Å². The molecule has 1 fully saturated rings. The smallest absolute Gasteiger partial charge is 0.244 e. The lowest BCUT2D eigenvalue weighted by atomic mass is 10.1. The summed E-state index contributed by atoms with van der Waals surface area (Å²) in [5.74, 6) is 1.49. The van der Waals surface area contributed by atoms with Gasteiger partial charge in [-0.25, -0.2) is 0 Å². The fourth-order valence-electron chi connectivity index (χ4n) is 3.30. The van der Waals surface area contributed by atoms with E-state index in [9.17, 15) is 9.59 Å². The van der Waals surface area contributed by atoms with Crippen LogP contribution in [-0.4, -0.2) is 49.8 Å². The van der Waals surface area contributed by atoms with Gasteiger partial charge in [0.05, 0.1) is 5.75 Å². The van der Waals surface area contributed by atoms with Crippen LogP contribution in [0.15, 0.2) is 23.4 Å². The van der Waals surface area contributed by atoms with Gasteiger partial charge in [-0.15, -0.1) is 10.2 Å². The highest BCUT2D eigenvalue weighted by atomic mass is 32.2. The van der Waals surface area contributed by atoms with E-state index in [-0.39, 0.29) is 30.2 Å². The first-order valence-electron chi connectivity index (χ1n) is 10.5. The van der Waals surface area contributed by atoms with Crippen molar-refractivity contribution in [1.29, 1.82) is 0 Å². The summed E-state index contributed by atoms with van der Waals surface area (Å²) >= 11 is 1.38. The van der Waals surface area contributed by atoms with E-state index in [1.54, 1.807) is 4.90 Å². The Labute approximate surface area is 182 Å². The highest BCUT2D eigenvalue weighted by Gasteiger charge is 2.30. The number of hydrogen-bond acceptors (Lipinski definition) is 5. The molecule has 0 spiro atoms. The zero-order chi connectivity index (χ0) is 21.8. The summed E-state index contributed by atoms with van der Waals surface area (Å²) in [6, 6.07) is 5.79. The fraction of sp³-hybridized carbons (Fsp3) is 0.545. The molecule has 1 aromatic heterocycles. The molecule has 30 heavy (non-hydrogen) atoms. The zero-order valence-electron chi connectivity index (χ0n) is 18.4. The lowest BCUT2D eigenvalue weighted by Crippen LogP contribution is -2.44. The molecule has 3 rings (SSSR count). The lowest BCUT2D eigenvalue weighted by molar-refractivity contribution is -0.134. The molecule has 0 radical (unpaired) electrons. The summed E-state index contributed by atoms with van der Waals surface area (Å²) in [6.07, 6.45) is 3.10. The van der Waals surface area contributed by atoms with Gasteiger partial charge in [-0.3, -0.25) is 9.59 Å². The highest BCUT2D eigenvalue weighted by Crippen LogP contribution is 2.39. The minimum Gasteiger partial charge on any atom is -0.330 e. The Morgan fingerprint density at radius 3 is 2.70 bits per heavy atom. The Balaban J connectivity index is 1.62. The molecule has 7 nitrogen and oxygen atoms in total. The number of carbonyl (C=O) groups is 2. The van der Waals surface area contributed by atoms with Crippen LogP contribution in [0.5, 0.6) is 0 Å². The van der Waals surface area contributed by atoms with Gasteiger partial charge in [-0.1, -0.05) is 30.8 Å². The normalized spacial score (nSPS) is 14.4. The second kappa shape index (κ2) is 9.64. The van der Waals surface area contributed by atoms with Crippen molar-refractivity contribution in [1.82, 2.24) is 19.7 Å². The number of hydrogen-bond donors (Lipinski definition) is 1. The van der Waals surface area contributed by atoms with Crippen molar-refractivity contribution < 1.29 is 9.59 Å². The number of nitrogens with one attached hydrogen (secondary N) is 1. The molecule has 8 heteroatoms. The summed E-state index contributed by atoms with van der Waals surface area (Å²) < 4.78 is 1.98. The average molecular weight is 430 g/mol. The van der Waals surface area contributed by atoms with Crippen molar-refractivity contribution in [2.24, 2.45) is 7.05 Å². The van der Waals surface area contributed by atoms with Crippen molar-refractivity contribution in [3.63, 3.8) is 0 Å². The number of benzene rings is 1. The molecule has 2 amide bonds. The molecule has 1 atom stereocenters. The van der Waals surface area contributed by atoms with Crippen molar-refractivity contribution in [3.8, 4) is 0 Å². The van der Waals surface area contributed by atoms with Crippen LogP contribution < -0.4 is 5.32 Å². The third-order valence-corrected chi connectivity index (χ3v) is 6.78. The minimum absolute atomic E-state index is 0.0241. The molecule has 0 bridgehead atoms. The average Bonchev–Trinajstić information content (AvgIpc) is 3.50. The van der Waals surface area contributed by atoms with Gasteiger partial charge in [0.2, 0.25) is 11.8 Å². The standard InChI is InChI=1S/C22H31N5O2S/c1-6-15(3)27(12-19(28)23-18-9-7-8-14(2)16(18)4)20(29)13-30-22-25-24-21(26(22)5)17-10-11-17/h7-9,15,17H,6,10-13H2,1-5H3,(H,23,28)/t15-/m1/s1. The van der Waals surface area contributed by atoms with Crippen molar-refractivity contribution >= 4 is 29.3 Å². The first-order valence-corrected chi connectivity index (χ1v) is 11.5. The molecule has 1 aliphatic rings. The summed E-state index contributed by atoms with van der Waals surface area (Å²) in [7, 11) is 1.95. The van der Waals surface area contributed by atoms with Crippen molar-refractivity contribution in [2.75, 3.05) is 17.6 Å². The number of aromatic nitrogens is 3. The molecule has 0 aliphatic heterocycles. The summed E-state index contributed by atoms with van der Waals surface area (Å²) in [4.78, 5) is 27.3. The zero-order valence-corrected chi connectivity index (χ0v) is 19.3. The van der Waals surface area contributed by atoms with Crippen LogP contribution in [0.25, 0.3) is 0 Å². The molecule has 0 saturated heterocycles. The van der Waals surface area contributed by atoms with E-state index in [1.165, 1.54) is 11.8 Å². The maximum absolute atomic E-state index is 13.0. The van der Waals surface area contributed by atoms with Gasteiger partial charge >= 0.3 is 0 Å². The number of thioether (sulfide) groups is 1. The summed E-state index contributed by atoms with van der Waals surface area (Å²) in [5.41, 5.74) is 2.95. The number of amides is 2. The third kappa shape index (κ3) is 5.22. The summed E-state index contributed by atoms with van der Waals surface area (Å²) in [5, 5.41) is 12.2. The van der Waals surface area contributed by atoms with Crippen LogP contribution >= 0.6 is 11.8 Å². The Hall–Kier alpha value is -2.35. The van der Waals surface area contributed by atoms with Gasteiger partial charge in [-0.2, -0.15) is 0 Å². The molecule has 162 valence electrons. The topological polar surface area (TPSA) is 80.1 Å².